The van der Waals surface area contributed by atoms with Crippen molar-refractivity contribution in [2.45, 2.75) is 51.6 Å². The summed E-state index contributed by atoms with van der Waals surface area (Å²) < 4.78 is 5.16. The third-order valence-electron chi connectivity index (χ3n) is 5.48. The minimum atomic E-state index is 0.0358. The van der Waals surface area contributed by atoms with Gasteiger partial charge in [0.15, 0.2) is 0 Å². The van der Waals surface area contributed by atoms with Gasteiger partial charge in [-0.2, -0.15) is 0 Å². The van der Waals surface area contributed by atoms with E-state index in [0.717, 1.165) is 38.3 Å². The fourth-order valence-electron chi connectivity index (χ4n) is 4.01. The van der Waals surface area contributed by atoms with Gasteiger partial charge in [-0.15, -0.1) is 0 Å². The van der Waals surface area contributed by atoms with Crippen LogP contribution >= 0.6 is 0 Å². The Hall–Kier alpha value is -2.24. The molecule has 1 aromatic heterocycles. The van der Waals surface area contributed by atoms with Crippen molar-refractivity contribution in [3.05, 3.63) is 59.9 Å². The Kier molecular flexibility index (Phi) is 8.65. The molecule has 0 radical (unpaired) electrons. The van der Waals surface area contributed by atoms with Crippen LogP contribution in [0.3, 0.4) is 0 Å². The van der Waals surface area contributed by atoms with E-state index >= 15 is 0 Å². The maximum absolute atomic E-state index is 12.8. The minimum absolute atomic E-state index is 0.0358. The van der Waals surface area contributed by atoms with Gasteiger partial charge in [-0.3, -0.25) is 14.7 Å². The summed E-state index contributed by atoms with van der Waals surface area (Å²) in [5.74, 6) is 0.0358. The predicted molar refractivity (Wildman–Crippen MR) is 117 cm³/mol. The number of pyridine rings is 1. The van der Waals surface area contributed by atoms with Crippen molar-refractivity contribution >= 4 is 11.6 Å². The van der Waals surface area contributed by atoms with E-state index in [2.05, 4.69) is 34.1 Å². The molecule has 3 rings (SSSR count). The third kappa shape index (κ3) is 6.65. The fraction of sp³-hybridized carbons (Fsp3) is 0.500. The molecule has 1 aliphatic heterocycles. The normalized spacial score (nSPS) is 16.9. The van der Waals surface area contributed by atoms with Gasteiger partial charge in [0.05, 0.1) is 0 Å². The second-order valence-electron chi connectivity index (χ2n) is 7.80. The summed E-state index contributed by atoms with van der Waals surface area (Å²) >= 11 is 0. The molecular formula is C24H33N3O2. The number of rotatable bonds is 4. The van der Waals surface area contributed by atoms with E-state index in [9.17, 15) is 4.79 Å². The topological polar surface area (TPSA) is 45.7 Å². The van der Waals surface area contributed by atoms with Crippen LogP contribution in [0.4, 0.5) is 5.69 Å². The van der Waals surface area contributed by atoms with Crippen LogP contribution in [-0.2, 0) is 22.6 Å². The minimum Gasteiger partial charge on any atom is -0.375 e. The molecule has 5 heteroatoms. The Bertz CT molecular complexity index is 751. The lowest BCUT2D eigenvalue weighted by atomic mass is 10.1. The zero-order chi connectivity index (χ0) is 20.3. The number of ether oxygens (including phenoxy) is 1. The van der Waals surface area contributed by atoms with Crippen LogP contribution < -0.4 is 4.90 Å². The number of amides is 1. The van der Waals surface area contributed by atoms with Crippen molar-refractivity contribution in [3.63, 3.8) is 0 Å². The molecule has 0 N–H and O–H groups in total. The molecule has 0 saturated heterocycles. The first kappa shape index (κ1) is 21.5. The van der Waals surface area contributed by atoms with Crippen molar-refractivity contribution < 1.29 is 9.53 Å². The number of aromatic nitrogens is 1. The van der Waals surface area contributed by atoms with Crippen LogP contribution in [0.5, 0.6) is 0 Å². The van der Waals surface area contributed by atoms with Crippen molar-refractivity contribution in [2.75, 3.05) is 31.7 Å². The SMILES string of the molecule is COCC(=O)N1CCCCCCCCN(Cc2cccnc2)Cc2ccccc21. The molecule has 0 unspecified atom stereocenters. The fourth-order valence-corrected chi connectivity index (χ4v) is 4.01. The van der Waals surface area contributed by atoms with Gasteiger partial charge in [-0.25, -0.2) is 0 Å². The molecule has 0 saturated carbocycles. The van der Waals surface area contributed by atoms with E-state index in [1.54, 1.807) is 7.11 Å². The molecular weight excluding hydrogens is 362 g/mol. The smallest absolute Gasteiger partial charge is 0.252 e. The standard InChI is InChI=1S/C24H33N3O2/c1-29-20-24(28)27-16-9-5-3-2-4-8-15-26(18-21-11-10-14-25-17-21)19-22-12-6-7-13-23(22)27/h6-7,10-14,17H,2-5,8-9,15-16,18-20H2,1H3. The van der Waals surface area contributed by atoms with E-state index in [-0.39, 0.29) is 12.5 Å². The highest BCUT2D eigenvalue weighted by Gasteiger charge is 2.20. The van der Waals surface area contributed by atoms with Crippen LogP contribution in [0.25, 0.3) is 0 Å². The first-order valence-electron chi connectivity index (χ1n) is 10.8. The number of carbonyl (C=O) groups is 1. The second kappa shape index (κ2) is 11.7. The van der Waals surface area contributed by atoms with Gasteiger partial charge in [0, 0.05) is 44.8 Å². The molecule has 1 aliphatic rings. The van der Waals surface area contributed by atoms with Crippen LogP contribution in [-0.4, -0.2) is 42.6 Å². The Balaban J connectivity index is 1.86. The van der Waals surface area contributed by atoms with Crippen molar-refractivity contribution in [1.29, 1.82) is 0 Å². The van der Waals surface area contributed by atoms with E-state index in [1.165, 1.54) is 43.2 Å². The number of hydrogen-bond acceptors (Lipinski definition) is 4. The van der Waals surface area contributed by atoms with Crippen LogP contribution in [0.2, 0.25) is 0 Å². The van der Waals surface area contributed by atoms with Gasteiger partial charge in [0.25, 0.3) is 5.91 Å². The molecule has 2 heterocycles. The number of nitrogens with zero attached hydrogens (tertiary/aromatic N) is 3. The maximum atomic E-state index is 12.8. The van der Waals surface area contributed by atoms with Crippen molar-refractivity contribution in [1.82, 2.24) is 9.88 Å². The quantitative estimate of drug-likeness (QED) is 0.769. The van der Waals surface area contributed by atoms with E-state index < -0.39 is 0 Å². The van der Waals surface area contributed by atoms with Crippen LogP contribution in [0, 0.1) is 0 Å². The maximum Gasteiger partial charge on any atom is 0.252 e. The summed E-state index contributed by atoms with van der Waals surface area (Å²) in [5, 5.41) is 0. The highest BCUT2D eigenvalue weighted by Crippen LogP contribution is 2.25. The molecule has 1 aromatic carbocycles. The monoisotopic (exact) mass is 395 g/mol. The van der Waals surface area contributed by atoms with Gasteiger partial charge in [0.2, 0.25) is 0 Å². The number of hydrogen-bond donors (Lipinski definition) is 0. The Labute approximate surface area is 174 Å². The van der Waals surface area contributed by atoms with Gasteiger partial charge in [0.1, 0.15) is 6.61 Å². The van der Waals surface area contributed by atoms with Crippen LogP contribution in [0.15, 0.2) is 48.8 Å². The lowest BCUT2D eigenvalue weighted by Crippen LogP contribution is -2.36. The van der Waals surface area contributed by atoms with E-state index in [4.69, 9.17) is 4.74 Å². The first-order valence-corrected chi connectivity index (χ1v) is 10.8. The molecule has 156 valence electrons. The molecule has 0 aliphatic carbocycles. The summed E-state index contributed by atoms with van der Waals surface area (Å²) in [5.41, 5.74) is 3.44. The number of carbonyl (C=O) groups excluding carboxylic acids is 1. The molecule has 29 heavy (non-hydrogen) atoms. The zero-order valence-electron chi connectivity index (χ0n) is 17.6. The summed E-state index contributed by atoms with van der Waals surface area (Å²) in [4.78, 5) is 21.5. The van der Waals surface area contributed by atoms with Gasteiger partial charge in [-0.05, 0) is 42.6 Å². The number of fused-ring (bicyclic) bond motifs is 1. The van der Waals surface area contributed by atoms with Crippen molar-refractivity contribution in [3.8, 4) is 0 Å². The first-order chi connectivity index (χ1) is 14.3. The summed E-state index contributed by atoms with van der Waals surface area (Å²) in [6.45, 7) is 3.61. The largest absolute Gasteiger partial charge is 0.375 e. The molecule has 1 amide bonds. The Morgan fingerprint density at radius 1 is 1.00 bits per heavy atom. The molecule has 2 aromatic rings. The Morgan fingerprint density at radius 2 is 1.76 bits per heavy atom. The molecule has 5 nitrogen and oxygen atoms in total. The summed E-state index contributed by atoms with van der Waals surface area (Å²) in [6.07, 6.45) is 10.9. The molecule has 0 fully saturated rings. The summed E-state index contributed by atoms with van der Waals surface area (Å²) in [7, 11) is 1.58. The average Bonchev–Trinajstić information content (AvgIpc) is 2.75. The van der Waals surface area contributed by atoms with Gasteiger partial charge < -0.3 is 9.64 Å². The molecule has 0 spiro atoms. The Morgan fingerprint density at radius 3 is 2.52 bits per heavy atom. The van der Waals surface area contributed by atoms with Crippen LogP contribution in [0.1, 0.15) is 49.7 Å². The highest BCUT2D eigenvalue weighted by atomic mass is 16.5. The number of benzene rings is 1. The lowest BCUT2D eigenvalue weighted by Gasteiger charge is -2.28. The van der Waals surface area contributed by atoms with Gasteiger partial charge >= 0.3 is 0 Å². The number of para-hydroxylation sites is 1. The molecule has 0 bridgehead atoms. The number of anilines is 1. The van der Waals surface area contributed by atoms with Gasteiger partial charge in [-0.1, -0.05) is 49.9 Å². The zero-order valence-corrected chi connectivity index (χ0v) is 17.6. The average molecular weight is 396 g/mol. The highest BCUT2D eigenvalue weighted by molar-refractivity contribution is 5.95. The number of methoxy groups -OCH3 is 1. The third-order valence-corrected chi connectivity index (χ3v) is 5.48. The van der Waals surface area contributed by atoms with E-state index in [0.29, 0.717) is 0 Å². The second-order valence-corrected chi connectivity index (χ2v) is 7.80. The summed E-state index contributed by atoms with van der Waals surface area (Å²) in [6, 6.07) is 12.4. The van der Waals surface area contributed by atoms with Crippen molar-refractivity contribution in [2.24, 2.45) is 0 Å². The lowest BCUT2D eigenvalue weighted by molar-refractivity contribution is -0.122. The van der Waals surface area contributed by atoms with E-state index in [1.807, 2.05) is 29.4 Å². The predicted octanol–water partition coefficient (Wildman–Crippen LogP) is 4.42. The molecule has 0 atom stereocenters.